The van der Waals surface area contributed by atoms with Gasteiger partial charge in [-0.2, -0.15) is 5.10 Å². The molecule has 0 unspecified atom stereocenters. The van der Waals surface area contributed by atoms with Gasteiger partial charge in [-0.25, -0.2) is 8.78 Å². The number of benzene rings is 1. The number of nitrogens with zero attached hydrogens (tertiary/aromatic N) is 1. The predicted octanol–water partition coefficient (Wildman–Crippen LogP) is 1.92. The maximum atomic E-state index is 13.5. The molecule has 1 rings (SSSR count). The molecule has 0 amide bonds. The largest absolute Gasteiger partial charge is 0.490 e. The van der Waals surface area contributed by atoms with Gasteiger partial charge >= 0.3 is 0 Å². The summed E-state index contributed by atoms with van der Waals surface area (Å²) in [5, 5.41) is 3.60. The Balaban J connectivity index is 2.99. The lowest BCUT2D eigenvalue weighted by molar-refractivity contribution is 0.300. The highest BCUT2D eigenvalue weighted by Crippen LogP contribution is 2.23. The molecule has 0 aromatic heterocycles. The van der Waals surface area contributed by atoms with E-state index >= 15 is 0 Å². The number of nitrogens with one attached hydrogen (secondary N) is 1. The summed E-state index contributed by atoms with van der Waals surface area (Å²) in [5.74, 6) is -1.54. The van der Waals surface area contributed by atoms with Crippen molar-refractivity contribution in [2.75, 3.05) is 6.61 Å². The molecule has 0 aliphatic rings. The van der Waals surface area contributed by atoms with Gasteiger partial charge in [0.05, 0.1) is 12.8 Å². The van der Waals surface area contributed by atoms with Crippen LogP contribution < -0.4 is 15.9 Å². The first-order valence-electron chi connectivity index (χ1n) is 5.25. The Kier molecular flexibility index (Phi) is 5.44. The summed E-state index contributed by atoms with van der Waals surface area (Å²) < 4.78 is 31.8. The van der Waals surface area contributed by atoms with Crippen LogP contribution in [0.5, 0.6) is 5.75 Å². The predicted molar refractivity (Wildman–Crippen MR) is 69.7 cm³/mol. The summed E-state index contributed by atoms with van der Waals surface area (Å²) in [6, 6.07) is 1.86. The number of hydrogen-bond donors (Lipinski definition) is 2. The van der Waals surface area contributed by atoms with Crippen molar-refractivity contribution in [1.82, 2.24) is 5.43 Å². The fourth-order valence-corrected chi connectivity index (χ4v) is 1.25. The van der Waals surface area contributed by atoms with E-state index in [-0.39, 0.29) is 16.4 Å². The summed E-state index contributed by atoms with van der Waals surface area (Å²) >= 11 is 4.54. The van der Waals surface area contributed by atoms with Gasteiger partial charge in [-0.1, -0.05) is 6.92 Å². The zero-order chi connectivity index (χ0) is 13.5. The molecule has 0 aliphatic carbocycles. The molecule has 0 atom stereocenters. The fraction of sp³-hybridized carbons (Fsp3) is 0.273. The molecular weight excluding hydrogens is 260 g/mol. The third-order valence-electron chi connectivity index (χ3n) is 1.87. The molecule has 0 radical (unpaired) electrons. The van der Waals surface area contributed by atoms with Crippen LogP contribution in [0.15, 0.2) is 17.2 Å². The van der Waals surface area contributed by atoms with Crippen LogP contribution in [-0.4, -0.2) is 17.9 Å². The van der Waals surface area contributed by atoms with Gasteiger partial charge in [0.1, 0.15) is 5.82 Å². The highest BCUT2D eigenvalue weighted by Gasteiger charge is 2.11. The number of hydrogen-bond acceptors (Lipinski definition) is 3. The molecular formula is C11H13F2N3OS. The second kappa shape index (κ2) is 6.85. The van der Waals surface area contributed by atoms with Gasteiger partial charge in [0.2, 0.25) is 0 Å². The number of hydrazone groups is 1. The van der Waals surface area contributed by atoms with E-state index in [1.165, 1.54) is 6.21 Å². The molecule has 18 heavy (non-hydrogen) atoms. The summed E-state index contributed by atoms with van der Waals surface area (Å²) in [6.45, 7) is 2.20. The molecule has 0 fully saturated rings. The minimum Gasteiger partial charge on any atom is -0.490 e. The first kappa shape index (κ1) is 14.3. The minimum absolute atomic E-state index is 0.0425. The van der Waals surface area contributed by atoms with Crippen LogP contribution in [-0.2, 0) is 0 Å². The smallest absolute Gasteiger partial charge is 0.184 e. The van der Waals surface area contributed by atoms with E-state index in [0.29, 0.717) is 13.0 Å². The van der Waals surface area contributed by atoms with Gasteiger partial charge in [-0.3, -0.25) is 5.43 Å². The second-order valence-electron chi connectivity index (χ2n) is 3.39. The number of thiocarbonyl (C=S) groups is 1. The molecule has 98 valence electrons. The van der Waals surface area contributed by atoms with Crippen LogP contribution >= 0.6 is 12.2 Å². The number of ether oxygens (including phenoxy) is 1. The van der Waals surface area contributed by atoms with Crippen LogP contribution in [0.3, 0.4) is 0 Å². The number of halogens is 2. The van der Waals surface area contributed by atoms with E-state index in [0.717, 1.165) is 12.1 Å². The fourth-order valence-electron chi connectivity index (χ4n) is 1.20. The van der Waals surface area contributed by atoms with Crippen molar-refractivity contribution < 1.29 is 13.5 Å². The molecule has 0 heterocycles. The zero-order valence-electron chi connectivity index (χ0n) is 9.74. The first-order valence-corrected chi connectivity index (χ1v) is 5.65. The van der Waals surface area contributed by atoms with Gasteiger partial charge < -0.3 is 10.5 Å². The van der Waals surface area contributed by atoms with E-state index in [4.69, 9.17) is 10.5 Å². The van der Waals surface area contributed by atoms with Crippen molar-refractivity contribution in [2.24, 2.45) is 10.8 Å². The van der Waals surface area contributed by atoms with Crippen molar-refractivity contribution >= 4 is 23.5 Å². The molecule has 0 saturated heterocycles. The topological polar surface area (TPSA) is 59.6 Å². The van der Waals surface area contributed by atoms with Crippen molar-refractivity contribution in [1.29, 1.82) is 0 Å². The van der Waals surface area contributed by atoms with Crippen LogP contribution in [0.25, 0.3) is 0 Å². The molecule has 0 saturated carbocycles. The van der Waals surface area contributed by atoms with Gasteiger partial charge in [-0.05, 0) is 24.7 Å². The van der Waals surface area contributed by atoms with Gasteiger partial charge in [-0.15, -0.1) is 0 Å². The molecule has 0 bridgehead atoms. The van der Waals surface area contributed by atoms with E-state index in [1.54, 1.807) is 0 Å². The highest BCUT2D eigenvalue weighted by molar-refractivity contribution is 7.80. The average Bonchev–Trinajstić information content (AvgIpc) is 2.27. The third kappa shape index (κ3) is 4.25. The Morgan fingerprint density at radius 1 is 1.56 bits per heavy atom. The van der Waals surface area contributed by atoms with Crippen LogP contribution in [0, 0.1) is 11.6 Å². The molecule has 4 nitrogen and oxygen atoms in total. The van der Waals surface area contributed by atoms with E-state index in [2.05, 4.69) is 22.7 Å². The Morgan fingerprint density at radius 2 is 2.28 bits per heavy atom. The minimum atomic E-state index is -0.778. The first-order chi connectivity index (χ1) is 8.54. The molecule has 7 heteroatoms. The number of nitrogens with two attached hydrogens (primary N) is 1. The van der Waals surface area contributed by atoms with Crippen molar-refractivity contribution in [2.45, 2.75) is 13.3 Å². The lowest BCUT2D eigenvalue weighted by atomic mass is 10.2. The average molecular weight is 273 g/mol. The van der Waals surface area contributed by atoms with E-state index in [1.807, 2.05) is 6.92 Å². The Bertz CT molecular complexity index is 466. The second-order valence-corrected chi connectivity index (χ2v) is 3.83. The van der Waals surface area contributed by atoms with E-state index in [9.17, 15) is 8.78 Å². The normalized spacial score (nSPS) is 10.6. The Labute approximate surface area is 109 Å². The van der Waals surface area contributed by atoms with Crippen molar-refractivity contribution in [3.63, 3.8) is 0 Å². The molecule has 3 N–H and O–H groups in total. The standard InChI is InChI=1S/C11H13F2N3OS/c1-2-3-17-10-7(6-15-16-11(14)18)4-8(12)5-9(10)13/h4-6H,2-3H2,1H3,(H3,14,16,18). The van der Waals surface area contributed by atoms with Gasteiger partial charge in [0.15, 0.2) is 16.7 Å². The molecule has 0 spiro atoms. The van der Waals surface area contributed by atoms with Crippen LogP contribution in [0.4, 0.5) is 8.78 Å². The summed E-state index contributed by atoms with van der Waals surface area (Å²) in [4.78, 5) is 0. The Hall–Kier alpha value is -1.76. The highest BCUT2D eigenvalue weighted by atomic mass is 32.1. The van der Waals surface area contributed by atoms with Gasteiger partial charge in [0.25, 0.3) is 0 Å². The maximum Gasteiger partial charge on any atom is 0.184 e. The van der Waals surface area contributed by atoms with E-state index < -0.39 is 11.6 Å². The maximum absolute atomic E-state index is 13.5. The lowest BCUT2D eigenvalue weighted by Crippen LogP contribution is -2.24. The molecule has 1 aromatic carbocycles. The quantitative estimate of drug-likeness (QED) is 0.489. The van der Waals surface area contributed by atoms with Crippen molar-refractivity contribution in [3.05, 3.63) is 29.3 Å². The third-order valence-corrected chi connectivity index (χ3v) is 1.96. The zero-order valence-corrected chi connectivity index (χ0v) is 10.6. The van der Waals surface area contributed by atoms with Crippen LogP contribution in [0.1, 0.15) is 18.9 Å². The summed E-state index contributed by atoms with van der Waals surface area (Å²) in [7, 11) is 0. The Morgan fingerprint density at radius 3 is 2.89 bits per heavy atom. The lowest BCUT2D eigenvalue weighted by Gasteiger charge is -2.09. The SMILES string of the molecule is CCCOc1c(F)cc(F)cc1C=NNC(N)=S. The summed E-state index contributed by atoms with van der Waals surface area (Å²) in [6.07, 6.45) is 1.90. The van der Waals surface area contributed by atoms with Crippen molar-refractivity contribution in [3.8, 4) is 5.75 Å². The number of rotatable bonds is 5. The molecule has 0 aliphatic heterocycles. The monoisotopic (exact) mass is 273 g/mol. The van der Waals surface area contributed by atoms with Crippen LogP contribution in [0.2, 0.25) is 0 Å². The van der Waals surface area contributed by atoms with Gasteiger partial charge in [0, 0.05) is 11.6 Å². The summed E-state index contributed by atoms with van der Waals surface area (Å²) in [5.41, 5.74) is 7.63. The molecule has 1 aromatic rings.